The molecule has 0 aromatic heterocycles. The van der Waals surface area contributed by atoms with Crippen molar-refractivity contribution in [1.29, 1.82) is 5.41 Å². The Morgan fingerprint density at radius 3 is 2.57 bits per heavy atom. The van der Waals surface area contributed by atoms with Crippen LogP contribution in [0.15, 0.2) is 0 Å². The van der Waals surface area contributed by atoms with Crippen molar-refractivity contribution in [2.45, 2.75) is 25.8 Å². The van der Waals surface area contributed by atoms with Crippen LogP contribution < -0.4 is 11.1 Å². The molecule has 4 N–H and O–H groups in total. The molecule has 0 aliphatic rings. The molecule has 0 aromatic carbocycles. The monoisotopic (exact) mass is 200 g/mol. The zero-order valence-corrected chi connectivity index (χ0v) is 9.13. The van der Waals surface area contributed by atoms with Crippen molar-refractivity contribution in [2.24, 2.45) is 5.73 Å². The average Bonchev–Trinajstić information content (AvgIpc) is 2.11. The summed E-state index contributed by atoms with van der Waals surface area (Å²) in [6.45, 7) is 2.18. The van der Waals surface area contributed by atoms with E-state index in [1.807, 2.05) is 0 Å². The standard InChI is InChI=1S/C9H20N4O/c1-7(14)8(10)5-4-6-12-9(11)13(2)3/h8H,4-6,10H2,1-3H3,(H2,11,12)/t8-/m1/s1. The van der Waals surface area contributed by atoms with Crippen molar-refractivity contribution in [3.8, 4) is 0 Å². The maximum atomic E-state index is 10.8. The minimum absolute atomic E-state index is 0.0210. The number of rotatable bonds is 5. The van der Waals surface area contributed by atoms with Gasteiger partial charge in [0.1, 0.15) is 5.78 Å². The highest BCUT2D eigenvalue weighted by Gasteiger charge is 2.06. The fraction of sp³-hybridized carbons (Fsp3) is 0.778. The Labute approximate surface area is 85.2 Å². The van der Waals surface area contributed by atoms with Gasteiger partial charge in [0.15, 0.2) is 5.96 Å². The predicted octanol–water partition coefficient (Wildman–Crippen LogP) is -0.231. The Hall–Kier alpha value is -1.10. The summed E-state index contributed by atoms with van der Waals surface area (Å²) in [5.41, 5.74) is 5.55. The van der Waals surface area contributed by atoms with E-state index in [9.17, 15) is 4.79 Å². The Morgan fingerprint density at radius 2 is 2.14 bits per heavy atom. The number of guanidine groups is 1. The van der Waals surface area contributed by atoms with E-state index in [2.05, 4.69) is 5.32 Å². The van der Waals surface area contributed by atoms with E-state index in [1.165, 1.54) is 6.92 Å². The van der Waals surface area contributed by atoms with Gasteiger partial charge in [0.05, 0.1) is 6.04 Å². The van der Waals surface area contributed by atoms with Crippen LogP contribution in [-0.4, -0.2) is 43.3 Å². The first-order valence-electron chi connectivity index (χ1n) is 4.71. The highest BCUT2D eigenvalue weighted by molar-refractivity contribution is 5.81. The van der Waals surface area contributed by atoms with Gasteiger partial charge < -0.3 is 16.0 Å². The first-order valence-corrected chi connectivity index (χ1v) is 4.71. The fourth-order valence-corrected chi connectivity index (χ4v) is 0.890. The van der Waals surface area contributed by atoms with Gasteiger partial charge in [-0.1, -0.05) is 0 Å². The van der Waals surface area contributed by atoms with Gasteiger partial charge in [0.25, 0.3) is 0 Å². The van der Waals surface area contributed by atoms with Crippen molar-refractivity contribution in [3.05, 3.63) is 0 Å². The number of hydrogen-bond acceptors (Lipinski definition) is 3. The molecule has 0 aliphatic heterocycles. The van der Waals surface area contributed by atoms with Crippen molar-refractivity contribution >= 4 is 11.7 Å². The molecule has 0 amide bonds. The van der Waals surface area contributed by atoms with Crippen molar-refractivity contribution in [2.75, 3.05) is 20.6 Å². The largest absolute Gasteiger partial charge is 0.356 e. The Morgan fingerprint density at radius 1 is 1.57 bits per heavy atom. The zero-order chi connectivity index (χ0) is 11.1. The lowest BCUT2D eigenvalue weighted by atomic mass is 10.1. The third-order valence-corrected chi connectivity index (χ3v) is 1.95. The van der Waals surface area contributed by atoms with Crippen LogP contribution in [0.4, 0.5) is 0 Å². The first-order chi connectivity index (χ1) is 6.45. The molecule has 0 spiro atoms. The molecule has 0 bridgehead atoms. The Bertz CT molecular complexity index is 203. The molecule has 0 fully saturated rings. The topological polar surface area (TPSA) is 82.2 Å². The Kier molecular flexibility index (Phi) is 5.87. The van der Waals surface area contributed by atoms with Crippen molar-refractivity contribution in [1.82, 2.24) is 10.2 Å². The Balaban J connectivity index is 3.47. The molecule has 0 aliphatic carbocycles. The smallest absolute Gasteiger partial charge is 0.190 e. The van der Waals surface area contributed by atoms with Gasteiger partial charge in [-0.3, -0.25) is 10.2 Å². The average molecular weight is 200 g/mol. The van der Waals surface area contributed by atoms with Gasteiger partial charge in [-0.25, -0.2) is 0 Å². The summed E-state index contributed by atoms with van der Waals surface area (Å²) in [6.07, 6.45) is 1.47. The summed E-state index contributed by atoms with van der Waals surface area (Å²) in [7, 11) is 3.60. The van der Waals surface area contributed by atoms with Gasteiger partial charge in [-0.15, -0.1) is 0 Å². The molecule has 14 heavy (non-hydrogen) atoms. The minimum Gasteiger partial charge on any atom is -0.356 e. The number of hydrogen-bond donors (Lipinski definition) is 3. The molecule has 82 valence electrons. The number of ketones is 1. The van der Waals surface area contributed by atoms with E-state index < -0.39 is 0 Å². The second-order valence-electron chi connectivity index (χ2n) is 3.53. The van der Waals surface area contributed by atoms with Crippen molar-refractivity contribution < 1.29 is 4.79 Å². The summed E-state index contributed by atoms with van der Waals surface area (Å²) in [4.78, 5) is 12.5. The molecule has 0 saturated heterocycles. The molecule has 5 heteroatoms. The van der Waals surface area contributed by atoms with Crippen molar-refractivity contribution in [3.63, 3.8) is 0 Å². The molecule has 0 saturated carbocycles. The number of carbonyl (C=O) groups is 1. The number of nitrogens with two attached hydrogens (primary N) is 1. The number of Topliss-reactive ketones (excluding diaryl/α,β-unsaturated/α-hetero) is 1. The molecule has 0 heterocycles. The van der Waals surface area contributed by atoms with E-state index in [0.717, 1.165) is 6.42 Å². The lowest BCUT2D eigenvalue weighted by Crippen LogP contribution is -2.36. The first kappa shape index (κ1) is 12.9. The SMILES string of the molecule is CC(=O)[C@H](N)CCCNC(=N)N(C)C. The molecular formula is C9H20N4O. The van der Waals surface area contributed by atoms with Gasteiger partial charge in [-0.2, -0.15) is 0 Å². The number of carbonyl (C=O) groups excluding carboxylic acids is 1. The van der Waals surface area contributed by atoms with E-state index in [0.29, 0.717) is 18.9 Å². The van der Waals surface area contributed by atoms with Crippen LogP contribution in [-0.2, 0) is 4.79 Å². The third-order valence-electron chi connectivity index (χ3n) is 1.95. The quantitative estimate of drug-likeness (QED) is 0.325. The van der Waals surface area contributed by atoms with Crippen LogP contribution in [0, 0.1) is 5.41 Å². The van der Waals surface area contributed by atoms with E-state index in [4.69, 9.17) is 11.1 Å². The molecule has 0 radical (unpaired) electrons. The number of nitrogens with zero attached hydrogens (tertiary/aromatic N) is 1. The molecule has 0 aromatic rings. The van der Waals surface area contributed by atoms with Gasteiger partial charge >= 0.3 is 0 Å². The van der Waals surface area contributed by atoms with Gasteiger partial charge in [0, 0.05) is 20.6 Å². The van der Waals surface area contributed by atoms with Crippen LogP contribution in [0.3, 0.4) is 0 Å². The second kappa shape index (κ2) is 6.37. The van der Waals surface area contributed by atoms with Crippen LogP contribution in [0.1, 0.15) is 19.8 Å². The summed E-state index contributed by atoms with van der Waals surface area (Å²) < 4.78 is 0. The zero-order valence-electron chi connectivity index (χ0n) is 9.13. The minimum atomic E-state index is -0.356. The fourth-order valence-electron chi connectivity index (χ4n) is 0.890. The molecule has 5 nitrogen and oxygen atoms in total. The molecule has 1 atom stereocenters. The lowest BCUT2D eigenvalue weighted by molar-refractivity contribution is -0.118. The molecule has 0 rings (SSSR count). The van der Waals surface area contributed by atoms with E-state index in [1.54, 1.807) is 19.0 Å². The summed E-state index contributed by atoms with van der Waals surface area (Å²) in [5, 5.41) is 10.3. The summed E-state index contributed by atoms with van der Waals surface area (Å²) in [6, 6.07) is -0.356. The third kappa shape index (κ3) is 5.53. The lowest BCUT2D eigenvalue weighted by Gasteiger charge is -2.15. The molecule has 0 unspecified atom stereocenters. The van der Waals surface area contributed by atoms with Crippen LogP contribution >= 0.6 is 0 Å². The summed E-state index contributed by atoms with van der Waals surface area (Å²) in [5.74, 6) is 0.397. The van der Waals surface area contributed by atoms with Crippen LogP contribution in [0.5, 0.6) is 0 Å². The van der Waals surface area contributed by atoms with E-state index in [-0.39, 0.29) is 11.8 Å². The maximum absolute atomic E-state index is 10.8. The highest BCUT2D eigenvalue weighted by atomic mass is 16.1. The highest BCUT2D eigenvalue weighted by Crippen LogP contribution is 1.94. The van der Waals surface area contributed by atoms with Crippen LogP contribution in [0.25, 0.3) is 0 Å². The predicted molar refractivity (Wildman–Crippen MR) is 57.3 cm³/mol. The second-order valence-corrected chi connectivity index (χ2v) is 3.53. The van der Waals surface area contributed by atoms with Crippen LogP contribution in [0.2, 0.25) is 0 Å². The molecular weight excluding hydrogens is 180 g/mol. The number of nitrogens with one attached hydrogen (secondary N) is 2. The van der Waals surface area contributed by atoms with E-state index >= 15 is 0 Å². The van der Waals surface area contributed by atoms with Gasteiger partial charge in [-0.05, 0) is 19.8 Å². The normalized spacial score (nSPS) is 12.0. The van der Waals surface area contributed by atoms with Gasteiger partial charge in [0.2, 0.25) is 0 Å². The maximum Gasteiger partial charge on any atom is 0.190 e. The summed E-state index contributed by atoms with van der Waals surface area (Å²) >= 11 is 0.